The van der Waals surface area contributed by atoms with Gasteiger partial charge in [-0.25, -0.2) is 0 Å². The van der Waals surface area contributed by atoms with Crippen molar-refractivity contribution in [2.75, 3.05) is 11.5 Å². The second kappa shape index (κ2) is 5.60. The fourth-order valence-electron chi connectivity index (χ4n) is 1.51. The van der Waals surface area contributed by atoms with E-state index in [9.17, 15) is 0 Å². The van der Waals surface area contributed by atoms with Crippen LogP contribution in [0.4, 0.5) is 5.69 Å². The van der Waals surface area contributed by atoms with E-state index in [1.807, 2.05) is 36.3 Å². The highest BCUT2D eigenvalue weighted by atomic mass is 79.9. The Labute approximate surface area is 114 Å². The maximum Gasteiger partial charge on any atom is 0.0521 e. The smallest absolute Gasteiger partial charge is 0.0521 e. The average Bonchev–Trinajstić information content (AvgIpc) is 2.69. The standard InChI is InChI=1S/C12H14BrN3S/c1-16-8-9(7-15-16)4-5-17-12-6-10(13)2-3-11(12)14/h2-3,6-8H,4-5,14H2,1H3. The Balaban J connectivity index is 1.91. The van der Waals surface area contributed by atoms with E-state index in [1.165, 1.54) is 5.56 Å². The molecule has 90 valence electrons. The number of hydrogen-bond donors (Lipinski definition) is 1. The third-order valence-electron chi connectivity index (χ3n) is 2.38. The van der Waals surface area contributed by atoms with Crippen molar-refractivity contribution in [3.8, 4) is 0 Å². The van der Waals surface area contributed by atoms with Crippen molar-refractivity contribution >= 4 is 33.4 Å². The van der Waals surface area contributed by atoms with Gasteiger partial charge in [0.05, 0.1) is 6.20 Å². The summed E-state index contributed by atoms with van der Waals surface area (Å²) in [5, 5.41) is 4.15. The highest BCUT2D eigenvalue weighted by Gasteiger charge is 2.02. The van der Waals surface area contributed by atoms with Gasteiger partial charge in [0.15, 0.2) is 0 Å². The molecule has 1 aromatic heterocycles. The summed E-state index contributed by atoms with van der Waals surface area (Å²) in [6, 6.07) is 5.94. The van der Waals surface area contributed by atoms with Crippen molar-refractivity contribution in [1.29, 1.82) is 0 Å². The zero-order chi connectivity index (χ0) is 12.3. The summed E-state index contributed by atoms with van der Waals surface area (Å²) in [5.41, 5.74) is 8.01. The number of hydrogen-bond acceptors (Lipinski definition) is 3. The Kier molecular flexibility index (Phi) is 4.12. The lowest BCUT2D eigenvalue weighted by molar-refractivity contribution is 0.767. The molecule has 1 aromatic carbocycles. The Bertz CT molecular complexity index is 510. The number of rotatable bonds is 4. The number of nitrogens with zero attached hydrogens (tertiary/aromatic N) is 2. The number of nitrogens with two attached hydrogens (primary N) is 1. The van der Waals surface area contributed by atoms with Crippen LogP contribution in [0.3, 0.4) is 0 Å². The van der Waals surface area contributed by atoms with Crippen LogP contribution in [0.1, 0.15) is 5.56 Å². The van der Waals surface area contributed by atoms with Crippen molar-refractivity contribution < 1.29 is 0 Å². The van der Waals surface area contributed by atoms with Crippen molar-refractivity contribution in [1.82, 2.24) is 9.78 Å². The third kappa shape index (κ3) is 3.51. The van der Waals surface area contributed by atoms with E-state index >= 15 is 0 Å². The highest BCUT2D eigenvalue weighted by Crippen LogP contribution is 2.28. The number of halogens is 1. The van der Waals surface area contributed by atoms with E-state index in [1.54, 1.807) is 11.8 Å². The summed E-state index contributed by atoms with van der Waals surface area (Å²) in [6.45, 7) is 0. The molecule has 0 amide bonds. The maximum atomic E-state index is 5.91. The minimum absolute atomic E-state index is 0.837. The fourth-order valence-corrected chi connectivity index (χ4v) is 3.03. The van der Waals surface area contributed by atoms with Gasteiger partial charge in [-0.05, 0) is 30.2 Å². The predicted molar refractivity (Wildman–Crippen MR) is 76.2 cm³/mol. The predicted octanol–water partition coefficient (Wildman–Crippen LogP) is 3.10. The lowest BCUT2D eigenvalue weighted by atomic mass is 10.3. The van der Waals surface area contributed by atoms with Crippen molar-refractivity contribution in [3.63, 3.8) is 0 Å². The normalized spacial score (nSPS) is 10.7. The average molecular weight is 312 g/mol. The summed E-state index contributed by atoms with van der Waals surface area (Å²) < 4.78 is 2.89. The Hall–Kier alpha value is -0.940. The zero-order valence-electron chi connectivity index (χ0n) is 9.56. The monoisotopic (exact) mass is 311 g/mol. The van der Waals surface area contributed by atoms with E-state index in [-0.39, 0.29) is 0 Å². The molecule has 0 atom stereocenters. The molecule has 3 nitrogen and oxygen atoms in total. The first-order valence-corrected chi connectivity index (χ1v) is 7.08. The number of nitrogen functional groups attached to an aromatic ring is 1. The van der Waals surface area contributed by atoms with Crippen LogP contribution in [-0.2, 0) is 13.5 Å². The molecule has 0 unspecified atom stereocenters. The van der Waals surface area contributed by atoms with E-state index in [0.29, 0.717) is 0 Å². The Morgan fingerprint density at radius 3 is 3.00 bits per heavy atom. The molecule has 5 heteroatoms. The molecule has 2 N–H and O–H groups in total. The minimum Gasteiger partial charge on any atom is -0.398 e. The van der Waals surface area contributed by atoms with E-state index in [2.05, 4.69) is 27.1 Å². The largest absolute Gasteiger partial charge is 0.398 e. The van der Waals surface area contributed by atoms with Gasteiger partial charge in [-0.1, -0.05) is 15.9 Å². The molecular weight excluding hydrogens is 298 g/mol. The van der Waals surface area contributed by atoms with Crippen molar-refractivity contribution in [3.05, 3.63) is 40.6 Å². The van der Waals surface area contributed by atoms with Crippen LogP contribution in [0, 0.1) is 0 Å². The molecule has 1 heterocycles. The topological polar surface area (TPSA) is 43.8 Å². The minimum atomic E-state index is 0.837. The van der Waals surface area contributed by atoms with Gasteiger partial charge >= 0.3 is 0 Å². The summed E-state index contributed by atoms with van der Waals surface area (Å²) in [4.78, 5) is 1.13. The molecule has 0 fully saturated rings. The molecule has 0 aliphatic rings. The van der Waals surface area contributed by atoms with E-state index in [0.717, 1.165) is 27.2 Å². The van der Waals surface area contributed by atoms with E-state index in [4.69, 9.17) is 5.73 Å². The van der Waals surface area contributed by atoms with Gasteiger partial charge in [-0.3, -0.25) is 4.68 Å². The van der Waals surface area contributed by atoms with Crippen LogP contribution in [0.2, 0.25) is 0 Å². The summed E-state index contributed by atoms with van der Waals surface area (Å²) in [5.74, 6) is 1.01. The quantitative estimate of drug-likeness (QED) is 0.697. The lowest BCUT2D eigenvalue weighted by Crippen LogP contribution is -1.91. The first-order valence-electron chi connectivity index (χ1n) is 5.30. The van der Waals surface area contributed by atoms with Crippen LogP contribution < -0.4 is 5.73 Å². The fraction of sp³-hybridized carbons (Fsp3) is 0.250. The van der Waals surface area contributed by atoms with E-state index < -0.39 is 0 Å². The number of benzene rings is 1. The van der Waals surface area contributed by atoms with Crippen LogP contribution in [0.15, 0.2) is 40.0 Å². The van der Waals surface area contributed by atoms with Gasteiger partial charge in [-0.15, -0.1) is 11.8 Å². The summed E-state index contributed by atoms with van der Waals surface area (Å²) in [6.07, 6.45) is 4.96. The zero-order valence-corrected chi connectivity index (χ0v) is 12.0. The van der Waals surface area contributed by atoms with Crippen LogP contribution in [0.5, 0.6) is 0 Å². The maximum absolute atomic E-state index is 5.91. The van der Waals surface area contributed by atoms with Crippen LogP contribution in [-0.4, -0.2) is 15.5 Å². The van der Waals surface area contributed by atoms with Crippen molar-refractivity contribution in [2.45, 2.75) is 11.3 Å². The van der Waals surface area contributed by atoms with Gasteiger partial charge < -0.3 is 5.73 Å². The second-order valence-corrected chi connectivity index (χ2v) is 5.86. The molecule has 0 bridgehead atoms. The third-order valence-corrected chi connectivity index (χ3v) is 3.95. The number of anilines is 1. The number of thioether (sulfide) groups is 1. The molecular formula is C12H14BrN3S. The first-order chi connectivity index (χ1) is 8.15. The number of aromatic nitrogens is 2. The lowest BCUT2D eigenvalue weighted by Gasteiger charge is -2.05. The molecule has 0 aliphatic carbocycles. The molecule has 17 heavy (non-hydrogen) atoms. The Morgan fingerprint density at radius 2 is 2.29 bits per heavy atom. The molecule has 0 aliphatic heterocycles. The van der Waals surface area contributed by atoms with Gasteiger partial charge in [0.25, 0.3) is 0 Å². The Morgan fingerprint density at radius 1 is 1.47 bits per heavy atom. The molecule has 2 rings (SSSR count). The summed E-state index contributed by atoms with van der Waals surface area (Å²) in [7, 11) is 1.93. The van der Waals surface area contributed by atoms with Gasteiger partial charge in [0, 0.05) is 34.1 Å². The molecule has 0 saturated carbocycles. The van der Waals surface area contributed by atoms with Gasteiger partial charge in [0.2, 0.25) is 0 Å². The van der Waals surface area contributed by atoms with Gasteiger partial charge in [-0.2, -0.15) is 5.10 Å². The van der Waals surface area contributed by atoms with Crippen LogP contribution >= 0.6 is 27.7 Å². The second-order valence-electron chi connectivity index (χ2n) is 3.80. The molecule has 0 saturated heterocycles. The highest BCUT2D eigenvalue weighted by molar-refractivity contribution is 9.10. The summed E-state index contributed by atoms with van der Waals surface area (Å²) >= 11 is 5.23. The molecule has 0 radical (unpaired) electrons. The number of aryl methyl sites for hydroxylation is 2. The first kappa shape index (κ1) is 12.5. The van der Waals surface area contributed by atoms with Crippen molar-refractivity contribution in [2.24, 2.45) is 7.05 Å². The SMILES string of the molecule is Cn1cc(CCSc2cc(Br)ccc2N)cn1. The van der Waals surface area contributed by atoms with Crippen LogP contribution in [0.25, 0.3) is 0 Å². The van der Waals surface area contributed by atoms with Gasteiger partial charge in [0.1, 0.15) is 0 Å². The molecule has 2 aromatic rings. The molecule has 0 spiro atoms.